The minimum Gasteiger partial charge on any atom is -0.493 e. The second-order valence-corrected chi connectivity index (χ2v) is 11.0. The highest BCUT2D eigenvalue weighted by atomic mass is 16.5. The van der Waals surface area contributed by atoms with Gasteiger partial charge in [-0.15, -0.1) is 0 Å². The highest BCUT2D eigenvalue weighted by Gasteiger charge is 2.25. The molecule has 0 aromatic heterocycles. The van der Waals surface area contributed by atoms with E-state index < -0.39 is 6.10 Å². The van der Waals surface area contributed by atoms with Gasteiger partial charge in [0.1, 0.15) is 5.75 Å². The number of ether oxygens (including phenoxy) is 1. The van der Waals surface area contributed by atoms with Gasteiger partial charge in [0.25, 0.3) is 0 Å². The number of nitrogens with two attached hydrogens (primary N) is 1. The van der Waals surface area contributed by atoms with Crippen LogP contribution in [0.5, 0.6) is 5.75 Å². The molecule has 1 aromatic rings. The highest BCUT2D eigenvalue weighted by molar-refractivity contribution is 5.78. The maximum atomic E-state index is 12.2. The van der Waals surface area contributed by atoms with E-state index in [1.807, 2.05) is 6.92 Å². The SMILES string of the molecule is CCCCNC(=O)C(C)C[C@H](O)[C@@H](N)C[C@@H](CC)Cc1ccc(C(C)(C)C)c(OCCCC)c1. The standard InChI is InChI=1S/C29H52N2O3/c1-8-11-15-31-28(33)21(4)17-26(32)25(30)19-22(10-3)18-23-13-14-24(29(5,6)7)27(20-23)34-16-12-9-2/h13-14,20-22,25-26,32H,8-12,15-19,30H2,1-7H3,(H,31,33)/t21?,22-,25-,26-/m0/s1. The summed E-state index contributed by atoms with van der Waals surface area (Å²) < 4.78 is 6.18. The molecule has 0 saturated heterocycles. The summed E-state index contributed by atoms with van der Waals surface area (Å²) in [6.45, 7) is 16.4. The van der Waals surface area contributed by atoms with E-state index in [-0.39, 0.29) is 23.3 Å². The van der Waals surface area contributed by atoms with Gasteiger partial charge >= 0.3 is 0 Å². The number of aliphatic hydroxyl groups is 1. The van der Waals surface area contributed by atoms with Gasteiger partial charge in [0.15, 0.2) is 0 Å². The minimum atomic E-state index is -0.683. The van der Waals surface area contributed by atoms with Gasteiger partial charge in [0.2, 0.25) is 5.91 Å². The van der Waals surface area contributed by atoms with E-state index in [0.29, 0.717) is 18.9 Å². The Morgan fingerprint density at radius 2 is 1.79 bits per heavy atom. The molecule has 0 saturated carbocycles. The zero-order chi connectivity index (χ0) is 25.7. The zero-order valence-corrected chi connectivity index (χ0v) is 23.0. The van der Waals surface area contributed by atoms with Gasteiger partial charge in [-0.1, -0.05) is 79.9 Å². The third kappa shape index (κ3) is 10.8. The lowest BCUT2D eigenvalue weighted by atomic mass is 9.83. The lowest BCUT2D eigenvalue weighted by molar-refractivity contribution is -0.125. The van der Waals surface area contributed by atoms with Crippen LogP contribution in [0.25, 0.3) is 0 Å². The Morgan fingerprint density at radius 3 is 2.38 bits per heavy atom. The quantitative estimate of drug-likeness (QED) is 0.265. The van der Waals surface area contributed by atoms with Crippen LogP contribution in [0.1, 0.15) is 105 Å². The second kappa shape index (κ2) is 15.4. The number of hydrogen-bond acceptors (Lipinski definition) is 4. The molecular weight excluding hydrogens is 424 g/mol. The molecule has 0 heterocycles. The van der Waals surface area contributed by atoms with Crippen molar-refractivity contribution in [3.05, 3.63) is 29.3 Å². The molecule has 0 spiro atoms. The van der Waals surface area contributed by atoms with Gasteiger partial charge in [0.05, 0.1) is 12.7 Å². The lowest BCUT2D eigenvalue weighted by Gasteiger charge is -2.27. The van der Waals surface area contributed by atoms with E-state index in [1.54, 1.807) is 0 Å². The van der Waals surface area contributed by atoms with Gasteiger partial charge in [-0.3, -0.25) is 4.79 Å². The maximum absolute atomic E-state index is 12.2. The number of aliphatic hydroxyl groups excluding tert-OH is 1. The van der Waals surface area contributed by atoms with Gasteiger partial charge in [0, 0.05) is 18.5 Å². The largest absolute Gasteiger partial charge is 0.493 e. The van der Waals surface area contributed by atoms with Gasteiger partial charge in [-0.2, -0.15) is 0 Å². The molecule has 4 N–H and O–H groups in total. The number of amides is 1. The van der Waals surface area contributed by atoms with Crippen molar-refractivity contribution in [3.8, 4) is 5.75 Å². The molecule has 5 nitrogen and oxygen atoms in total. The molecule has 4 atom stereocenters. The van der Waals surface area contributed by atoms with Crippen LogP contribution >= 0.6 is 0 Å². The van der Waals surface area contributed by atoms with Crippen LogP contribution in [0.4, 0.5) is 0 Å². The Morgan fingerprint density at radius 1 is 1.12 bits per heavy atom. The third-order valence-corrected chi connectivity index (χ3v) is 6.68. The predicted octanol–water partition coefficient (Wildman–Crippen LogP) is 5.75. The van der Waals surface area contributed by atoms with E-state index in [2.05, 4.69) is 65.1 Å². The van der Waals surface area contributed by atoms with E-state index >= 15 is 0 Å². The van der Waals surface area contributed by atoms with Crippen molar-refractivity contribution in [2.45, 2.75) is 117 Å². The summed E-state index contributed by atoms with van der Waals surface area (Å²) in [5, 5.41) is 13.6. The fraction of sp³-hybridized carbons (Fsp3) is 0.759. The first-order valence-corrected chi connectivity index (χ1v) is 13.5. The van der Waals surface area contributed by atoms with Crippen LogP contribution in [0.2, 0.25) is 0 Å². The predicted molar refractivity (Wildman–Crippen MR) is 143 cm³/mol. The minimum absolute atomic E-state index is 0.00119. The number of unbranched alkanes of at least 4 members (excludes halogenated alkanes) is 2. The molecule has 0 fully saturated rings. The number of carbonyl (C=O) groups excluding carboxylic acids is 1. The van der Waals surface area contributed by atoms with E-state index in [4.69, 9.17) is 10.5 Å². The number of benzene rings is 1. The Labute approximate surface area is 209 Å². The van der Waals surface area contributed by atoms with E-state index in [9.17, 15) is 9.90 Å². The fourth-order valence-corrected chi connectivity index (χ4v) is 4.24. The smallest absolute Gasteiger partial charge is 0.222 e. The molecule has 1 unspecified atom stereocenters. The molecule has 1 aromatic carbocycles. The van der Waals surface area contributed by atoms with Crippen molar-refractivity contribution in [1.29, 1.82) is 0 Å². The molecule has 0 aliphatic heterocycles. The van der Waals surface area contributed by atoms with Crippen molar-refractivity contribution < 1.29 is 14.6 Å². The summed E-state index contributed by atoms with van der Waals surface area (Å²) in [6, 6.07) is 6.27. The maximum Gasteiger partial charge on any atom is 0.222 e. The number of hydrogen-bond donors (Lipinski definition) is 3. The summed E-state index contributed by atoms with van der Waals surface area (Å²) >= 11 is 0. The van der Waals surface area contributed by atoms with Crippen molar-refractivity contribution >= 4 is 5.91 Å². The van der Waals surface area contributed by atoms with Crippen LogP contribution in [-0.4, -0.2) is 36.3 Å². The summed E-state index contributed by atoms with van der Waals surface area (Å²) in [5.74, 6) is 1.11. The van der Waals surface area contributed by atoms with Crippen LogP contribution in [0.3, 0.4) is 0 Å². The fourth-order valence-electron chi connectivity index (χ4n) is 4.24. The average molecular weight is 477 g/mol. The Hall–Kier alpha value is -1.59. The van der Waals surface area contributed by atoms with Crippen molar-refractivity contribution in [2.24, 2.45) is 17.6 Å². The van der Waals surface area contributed by atoms with Crippen molar-refractivity contribution in [1.82, 2.24) is 5.32 Å². The van der Waals surface area contributed by atoms with Crippen molar-refractivity contribution in [2.75, 3.05) is 13.2 Å². The normalized spacial score (nSPS) is 15.4. The highest BCUT2D eigenvalue weighted by Crippen LogP contribution is 2.33. The molecule has 0 radical (unpaired) electrons. The summed E-state index contributed by atoms with van der Waals surface area (Å²) in [7, 11) is 0. The molecule has 34 heavy (non-hydrogen) atoms. The van der Waals surface area contributed by atoms with Crippen LogP contribution < -0.4 is 15.8 Å². The Kier molecular flexibility index (Phi) is 13.8. The monoisotopic (exact) mass is 476 g/mol. The number of nitrogens with one attached hydrogen (secondary N) is 1. The average Bonchev–Trinajstić information content (AvgIpc) is 2.78. The Bertz CT molecular complexity index is 714. The molecule has 196 valence electrons. The van der Waals surface area contributed by atoms with Gasteiger partial charge < -0.3 is 20.9 Å². The van der Waals surface area contributed by atoms with E-state index in [0.717, 1.165) is 57.3 Å². The summed E-state index contributed by atoms with van der Waals surface area (Å²) in [4.78, 5) is 12.2. The topological polar surface area (TPSA) is 84.6 Å². The van der Waals surface area contributed by atoms with Gasteiger partial charge in [-0.25, -0.2) is 0 Å². The molecule has 1 amide bonds. The summed E-state index contributed by atoms with van der Waals surface area (Å²) in [6.07, 6.45) is 6.51. The Balaban J connectivity index is 2.76. The van der Waals surface area contributed by atoms with E-state index in [1.165, 1.54) is 11.1 Å². The molecule has 0 bridgehead atoms. The second-order valence-electron chi connectivity index (χ2n) is 11.0. The summed E-state index contributed by atoms with van der Waals surface area (Å²) in [5.41, 5.74) is 8.91. The van der Waals surface area contributed by atoms with Gasteiger partial charge in [-0.05, 0) is 60.6 Å². The first-order valence-electron chi connectivity index (χ1n) is 13.5. The molecular formula is C29H52N2O3. The third-order valence-electron chi connectivity index (χ3n) is 6.68. The van der Waals surface area contributed by atoms with Crippen LogP contribution in [0.15, 0.2) is 18.2 Å². The number of carbonyl (C=O) groups is 1. The lowest BCUT2D eigenvalue weighted by Crippen LogP contribution is -2.40. The molecule has 1 rings (SSSR count). The zero-order valence-electron chi connectivity index (χ0n) is 23.0. The molecule has 5 heteroatoms. The first kappa shape index (κ1) is 30.4. The first-order chi connectivity index (χ1) is 16.0. The van der Waals surface area contributed by atoms with Crippen LogP contribution in [-0.2, 0) is 16.6 Å². The van der Waals surface area contributed by atoms with Crippen LogP contribution in [0, 0.1) is 11.8 Å². The van der Waals surface area contributed by atoms with Crippen molar-refractivity contribution in [3.63, 3.8) is 0 Å². The molecule has 0 aliphatic carbocycles. The molecule has 0 aliphatic rings. The number of rotatable bonds is 16.